The molecule has 0 aliphatic rings. The molecule has 9 heteroatoms. The van der Waals surface area contributed by atoms with Crippen molar-refractivity contribution in [1.29, 1.82) is 0 Å². The van der Waals surface area contributed by atoms with Gasteiger partial charge in [0.2, 0.25) is 0 Å². The zero-order valence-electron chi connectivity index (χ0n) is 15.4. The Kier molecular flexibility index (Phi) is 6.16. The predicted octanol–water partition coefficient (Wildman–Crippen LogP) is 4.51. The Morgan fingerprint density at radius 2 is 1.69 bits per heavy atom. The molecular weight excluding hydrogens is 389 g/mol. The number of nitrogens with zero attached hydrogens (tertiary/aromatic N) is 2. The van der Waals surface area contributed by atoms with Gasteiger partial charge in [0.1, 0.15) is 11.5 Å². The van der Waals surface area contributed by atoms with Crippen LogP contribution in [0.1, 0.15) is 29.3 Å². The molecule has 0 N–H and O–H groups in total. The van der Waals surface area contributed by atoms with Crippen LogP contribution in [-0.2, 0) is 24.0 Å². The van der Waals surface area contributed by atoms with E-state index in [1.54, 1.807) is 31.2 Å². The fraction of sp³-hybridized carbons (Fsp3) is 0.250. The van der Waals surface area contributed by atoms with Crippen LogP contribution >= 0.6 is 0 Å². The minimum absolute atomic E-state index is 0.0418. The van der Waals surface area contributed by atoms with Crippen molar-refractivity contribution in [3.05, 3.63) is 71.4 Å². The molecule has 0 saturated carbocycles. The van der Waals surface area contributed by atoms with Crippen LogP contribution in [0.25, 0.3) is 0 Å². The molecule has 29 heavy (non-hydrogen) atoms. The summed E-state index contributed by atoms with van der Waals surface area (Å²) in [6, 6.07) is 11.1. The SMILES string of the molecule is Cc1noc(COc2ccc(OC(=O)CCc3ccc(C(F)(F)F)cc3)cc2)n1. The van der Waals surface area contributed by atoms with E-state index in [0.717, 1.165) is 12.1 Å². The number of aryl methyl sites for hydroxylation is 2. The first-order chi connectivity index (χ1) is 13.8. The Labute approximate surface area is 164 Å². The molecule has 0 fully saturated rings. The summed E-state index contributed by atoms with van der Waals surface area (Å²) in [6.07, 6.45) is -4.06. The van der Waals surface area contributed by atoms with Crippen molar-refractivity contribution < 1.29 is 32.0 Å². The van der Waals surface area contributed by atoms with Gasteiger partial charge in [0, 0.05) is 6.42 Å². The highest BCUT2D eigenvalue weighted by atomic mass is 19.4. The third kappa shape index (κ3) is 6.06. The van der Waals surface area contributed by atoms with Crippen molar-refractivity contribution in [2.75, 3.05) is 0 Å². The van der Waals surface area contributed by atoms with E-state index in [-0.39, 0.29) is 19.4 Å². The molecule has 2 aromatic carbocycles. The van der Waals surface area contributed by atoms with Gasteiger partial charge >= 0.3 is 12.1 Å². The molecule has 0 radical (unpaired) electrons. The zero-order chi connectivity index (χ0) is 20.9. The van der Waals surface area contributed by atoms with Gasteiger partial charge in [0.15, 0.2) is 12.4 Å². The quantitative estimate of drug-likeness (QED) is 0.424. The van der Waals surface area contributed by atoms with Crippen LogP contribution in [0, 0.1) is 6.92 Å². The van der Waals surface area contributed by atoms with Crippen molar-refractivity contribution >= 4 is 5.97 Å². The first kappa shape index (κ1) is 20.4. The Balaban J connectivity index is 1.45. The van der Waals surface area contributed by atoms with Crippen LogP contribution < -0.4 is 9.47 Å². The van der Waals surface area contributed by atoms with E-state index in [4.69, 9.17) is 14.0 Å². The fourth-order valence-corrected chi connectivity index (χ4v) is 2.44. The smallest absolute Gasteiger partial charge is 0.416 e. The molecule has 0 spiro atoms. The van der Waals surface area contributed by atoms with Crippen LogP contribution in [0.5, 0.6) is 11.5 Å². The lowest BCUT2D eigenvalue weighted by Gasteiger charge is -2.08. The molecule has 0 atom stereocenters. The first-order valence-corrected chi connectivity index (χ1v) is 8.68. The molecular formula is C20H17F3N2O4. The number of rotatable bonds is 7. The number of alkyl halides is 3. The maximum Gasteiger partial charge on any atom is 0.416 e. The van der Waals surface area contributed by atoms with Crippen LogP contribution in [-0.4, -0.2) is 16.1 Å². The molecule has 1 aromatic heterocycles. The molecule has 152 valence electrons. The van der Waals surface area contributed by atoms with Gasteiger partial charge in [-0.3, -0.25) is 4.79 Å². The van der Waals surface area contributed by atoms with E-state index in [0.29, 0.717) is 28.8 Å². The Morgan fingerprint density at radius 1 is 1.03 bits per heavy atom. The van der Waals surface area contributed by atoms with Gasteiger partial charge in [-0.15, -0.1) is 0 Å². The predicted molar refractivity (Wildman–Crippen MR) is 95.2 cm³/mol. The monoisotopic (exact) mass is 406 g/mol. The molecule has 1 heterocycles. The summed E-state index contributed by atoms with van der Waals surface area (Å²) >= 11 is 0. The first-order valence-electron chi connectivity index (χ1n) is 8.68. The number of halogens is 3. The number of benzene rings is 2. The van der Waals surface area contributed by atoms with Crippen molar-refractivity contribution in [2.24, 2.45) is 0 Å². The maximum atomic E-state index is 12.5. The lowest BCUT2D eigenvalue weighted by Crippen LogP contribution is -2.09. The van der Waals surface area contributed by atoms with E-state index in [1.807, 2.05) is 0 Å². The summed E-state index contributed by atoms with van der Waals surface area (Å²) in [5.74, 6) is 1.25. The van der Waals surface area contributed by atoms with Crippen LogP contribution in [0.15, 0.2) is 53.1 Å². The highest BCUT2D eigenvalue weighted by Crippen LogP contribution is 2.29. The number of aromatic nitrogens is 2. The highest BCUT2D eigenvalue weighted by molar-refractivity contribution is 5.72. The largest absolute Gasteiger partial charge is 0.484 e. The van der Waals surface area contributed by atoms with Crippen LogP contribution in [0.3, 0.4) is 0 Å². The Hall–Kier alpha value is -3.36. The summed E-state index contributed by atoms with van der Waals surface area (Å²) in [5.41, 5.74) is -0.102. The maximum absolute atomic E-state index is 12.5. The van der Waals surface area contributed by atoms with Gasteiger partial charge in [-0.1, -0.05) is 17.3 Å². The van der Waals surface area contributed by atoms with Gasteiger partial charge in [0.05, 0.1) is 5.56 Å². The fourth-order valence-electron chi connectivity index (χ4n) is 2.44. The lowest BCUT2D eigenvalue weighted by molar-refractivity contribution is -0.137. The minimum atomic E-state index is -4.38. The van der Waals surface area contributed by atoms with E-state index >= 15 is 0 Å². The molecule has 6 nitrogen and oxygen atoms in total. The topological polar surface area (TPSA) is 74.5 Å². The highest BCUT2D eigenvalue weighted by Gasteiger charge is 2.29. The molecule has 0 unspecified atom stereocenters. The summed E-state index contributed by atoms with van der Waals surface area (Å²) in [6.45, 7) is 1.82. The number of ether oxygens (including phenoxy) is 2. The number of hydrogen-bond donors (Lipinski definition) is 0. The Morgan fingerprint density at radius 3 is 2.28 bits per heavy atom. The van der Waals surface area contributed by atoms with Crippen molar-refractivity contribution in [2.45, 2.75) is 32.5 Å². The average molecular weight is 406 g/mol. The minimum Gasteiger partial charge on any atom is -0.484 e. The van der Waals surface area contributed by atoms with Gasteiger partial charge < -0.3 is 14.0 Å². The van der Waals surface area contributed by atoms with E-state index in [2.05, 4.69) is 10.1 Å². The summed E-state index contributed by atoms with van der Waals surface area (Å²) in [4.78, 5) is 16.0. The second-order valence-corrected chi connectivity index (χ2v) is 6.16. The van der Waals surface area contributed by atoms with Crippen molar-refractivity contribution in [3.63, 3.8) is 0 Å². The number of carbonyl (C=O) groups excluding carboxylic acids is 1. The normalized spacial score (nSPS) is 11.3. The van der Waals surface area contributed by atoms with E-state index in [9.17, 15) is 18.0 Å². The average Bonchev–Trinajstić information content (AvgIpc) is 3.11. The summed E-state index contributed by atoms with van der Waals surface area (Å²) in [7, 11) is 0. The van der Waals surface area contributed by atoms with E-state index in [1.165, 1.54) is 12.1 Å². The number of hydrogen-bond acceptors (Lipinski definition) is 6. The molecule has 0 saturated heterocycles. The molecule has 3 rings (SSSR count). The third-order valence-corrected chi connectivity index (χ3v) is 3.89. The lowest BCUT2D eigenvalue weighted by atomic mass is 10.1. The van der Waals surface area contributed by atoms with Gasteiger partial charge in [-0.25, -0.2) is 0 Å². The molecule has 0 bridgehead atoms. The molecule has 3 aromatic rings. The van der Waals surface area contributed by atoms with Gasteiger partial charge in [0.25, 0.3) is 5.89 Å². The Bertz CT molecular complexity index is 951. The van der Waals surface area contributed by atoms with E-state index < -0.39 is 17.7 Å². The molecule has 0 aliphatic heterocycles. The zero-order valence-corrected chi connectivity index (χ0v) is 15.4. The second-order valence-electron chi connectivity index (χ2n) is 6.16. The third-order valence-electron chi connectivity index (χ3n) is 3.89. The van der Waals surface area contributed by atoms with Crippen molar-refractivity contribution in [3.8, 4) is 11.5 Å². The number of carbonyl (C=O) groups is 1. The van der Waals surface area contributed by atoms with Crippen LogP contribution in [0.4, 0.5) is 13.2 Å². The van der Waals surface area contributed by atoms with Crippen molar-refractivity contribution in [1.82, 2.24) is 10.1 Å². The second kappa shape index (κ2) is 8.76. The van der Waals surface area contributed by atoms with Gasteiger partial charge in [-0.05, 0) is 55.3 Å². The summed E-state index contributed by atoms with van der Waals surface area (Å²) in [5, 5.41) is 3.66. The number of esters is 1. The summed E-state index contributed by atoms with van der Waals surface area (Å²) < 4.78 is 53.3. The van der Waals surface area contributed by atoms with Gasteiger partial charge in [-0.2, -0.15) is 18.2 Å². The standard InChI is InChI=1S/C20H17F3N2O4/c1-13-24-18(29-25-13)12-27-16-7-9-17(10-8-16)28-19(26)11-4-14-2-5-15(6-3-14)20(21,22)23/h2-3,5-10H,4,11-12H2,1H3. The molecule has 0 amide bonds. The molecule has 0 aliphatic carbocycles. The van der Waals surface area contributed by atoms with Crippen LogP contribution in [0.2, 0.25) is 0 Å².